The monoisotopic (exact) mass is 224 g/mol. The number of rotatable bonds is 5. The van der Waals surface area contributed by atoms with Crippen LogP contribution in [0, 0.1) is 0 Å². The quantitative estimate of drug-likeness (QED) is 0.833. The molecule has 0 radical (unpaired) electrons. The molecule has 4 heteroatoms. The molecule has 1 aromatic rings. The maximum Gasteiger partial charge on any atom is 0.311 e. The zero-order valence-corrected chi connectivity index (χ0v) is 9.69. The maximum atomic E-state index is 11.1. The van der Waals surface area contributed by atoms with Crippen molar-refractivity contribution in [2.24, 2.45) is 0 Å². The Balaban J connectivity index is 3.25. The van der Waals surface area contributed by atoms with Crippen molar-refractivity contribution < 1.29 is 19.4 Å². The lowest BCUT2D eigenvalue weighted by molar-refractivity contribution is -0.138. The summed E-state index contributed by atoms with van der Waals surface area (Å²) in [4.78, 5) is 11.1. The Hall–Kier alpha value is -1.71. The van der Waals surface area contributed by atoms with Crippen molar-refractivity contribution in [3.8, 4) is 11.5 Å². The van der Waals surface area contributed by atoms with E-state index in [1.54, 1.807) is 18.2 Å². The van der Waals surface area contributed by atoms with Gasteiger partial charge in [0, 0.05) is 5.56 Å². The number of methoxy groups -OCH3 is 2. The number of carboxylic acid groups (broad SMARTS) is 1. The fourth-order valence-electron chi connectivity index (χ4n) is 1.71. The SMILES string of the molecule is CCC(C(=O)O)c1cccc(OC)c1OC. The van der Waals surface area contributed by atoms with E-state index in [2.05, 4.69) is 0 Å². The van der Waals surface area contributed by atoms with Gasteiger partial charge in [-0.25, -0.2) is 0 Å². The molecule has 0 heterocycles. The molecule has 1 atom stereocenters. The first-order valence-corrected chi connectivity index (χ1v) is 5.09. The Morgan fingerprint density at radius 1 is 1.38 bits per heavy atom. The van der Waals surface area contributed by atoms with Crippen molar-refractivity contribution in [3.05, 3.63) is 23.8 Å². The molecule has 16 heavy (non-hydrogen) atoms. The second kappa shape index (κ2) is 5.39. The van der Waals surface area contributed by atoms with Crippen molar-refractivity contribution in [1.29, 1.82) is 0 Å². The summed E-state index contributed by atoms with van der Waals surface area (Å²) in [6.07, 6.45) is 0.513. The molecule has 4 nitrogen and oxygen atoms in total. The van der Waals surface area contributed by atoms with Crippen molar-refractivity contribution in [1.82, 2.24) is 0 Å². The molecule has 0 saturated carbocycles. The van der Waals surface area contributed by atoms with Crippen LogP contribution in [0.25, 0.3) is 0 Å². The van der Waals surface area contributed by atoms with E-state index in [1.165, 1.54) is 14.2 Å². The predicted octanol–water partition coefficient (Wildman–Crippen LogP) is 2.28. The summed E-state index contributed by atoms with van der Waals surface area (Å²) in [6, 6.07) is 5.27. The van der Waals surface area contributed by atoms with Crippen LogP contribution in [0.1, 0.15) is 24.8 Å². The van der Waals surface area contributed by atoms with Gasteiger partial charge in [-0.15, -0.1) is 0 Å². The van der Waals surface area contributed by atoms with Crippen molar-refractivity contribution in [2.75, 3.05) is 14.2 Å². The maximum absolute atomic E-state index is 11.1. The molecule has 0 aliphatic rings. The molecule has 0 amide bonds. The molecule has 0 aromatic heterocycles. The van der Waals surface area contributed by atoms with Gasteiger partial charge in [0.2, 0.25) is 0 Å². The van der Waals surface area contributed by atoms with Gasteiger partial charge < -0.3 is 14.6 Å². The van der Waals surface area contributed by atoms with Crippen LogP contribution in [0.2, 0.25) is 0 Å². The molecule has 1 N–H and O–H groups in total. The molecule has 0 saturated heterocycles. The second-order valence-corrected chi connectivity index (χ2v) is 3.38. The molecular weight excluding hydrogens is 208 g/mol. The topological polar surface area (TPSA) is 55.8 Å². The highest BCUT2D eigenvalue weighted by atomic mass is 16.5. The van der Waals surface area contributed by atoms with Gasteiger partial charge in [0.05, 0.1) is 20.1 Å². The third kappa shape index (κ3) is 2.27. The van der Waals surface area contributed by atoms with E-state index >= 15 is 0 Å². The van der Waals surface area contributed by atoms with Crippen LogP contribution in [0.4, 0.5) is 0 Å². The fraction of sp³-hybridized carbons (Fsp3) is 0.417. The van der Waals surface area contributed by atoms with Gasteiger partial charge in [-0.05, 0) is 12.5 Å². The van der Waals surface area contributed by atoms with Crippen LogP contribution < -0.4 is 9.47 Å². The Bertz CT molecular complexity index is 373. The molecule has 1 rings (SSSR count). The van der Waals surface area contributed by atoms with Gasteiger partial charge in [0.15, 0.2) is 11.5 Å². The van der Waals surface area contributed by atoms with Crippen molar-refractivity contribution in [3.63, 3.8) is 0 Å². The summed E-state index contributed by atoms with van der Waals surface area (Å²) < 4.78 is 10.3. The lowest BCUT2D eigenvalue weighted by Gasteiger charge is -2.16. The van der Waals surface area contributed by atoms with Crippen molar-refractivity contribution >= 4 is 5.97 Å². The fourth-order valence-corrected chi connectivity index (χ4v) is 1.71. The molecule has 0 spiro atoms. The van der Waals surface area contributed by atoms with Crippen LogP contribution in [0.15, 0.2) is 18.2 Å². The van der Waals surface area contributed by atoms with Gasteiger partial charge in [0.25, 0.3) is 0 Å². The largest absolute Gasteiger partial charge is 0.493 e. The van der Waals surface area contributed by atoms with Crippen molar-refractivity contribution in [2.45, 2.75) is 19.3 Å². The van der Waals surface area contributed by atoms with Gasteiger partial charge in [-0.1, -0.05) is 19.1 Å². The Morgan fingerprint density at radius 2 is 2.06 bits per heavy atom. The highest BCUT2D eigenvalue weighted by Crippen LogP contribution is 2.36. The average molecular weight is 224 g/mol. The highest BCUT2D eigenvalue weighted by Gasteiger charge is 2.23. The van der Waals surface area contributed by atoms with Crippen LogP contribution >= 0.6 is 0 Å². The number of carbonyl (C=O) groups is 1. The second-order valence-electron chi connectivity index (χ2n) is 3.38. The summed E-state index contributed by atoms with van der Waals surface area (Å²) in [6.45, 7) is 1.83. The van der Waals surface area contributed by atoms with E-state index in [9.17, 15) is 4.79 Å². The Morgan fingerprint density at radius 3 is 2.50 bits per heavy atom. The van der Waals surface area contributed by atoms with Gasteiger partial charge in [-0.2, -0.15) is 0 Å². The van der Waals surface area contributed by atoms with E-state index in [4.69, 9.17) is 14.6 Å². The zero-order chi connectivity index (χ0) is 12.1. The van der Waals surface area contributed by atoms with Crippen LogP contribution in [-0.4, -0.2) is 25.3 Å². The average Bonchev–Trinajstić information content (AvgIpc) is 2.29. The first-order chi connectivity index (χ1) is 7.65. The summed E-state index contributed by atoms with van der Waals surface area (Å²) in [7, 11) is 3.04. The summed E-state index contributed by atoms with van der Waals surface area (Å²) in [5, 5.41) is 9.11. The number of hydrogen-bond acceptors (Lipinski definition) is 3. The van der Waals surface area contributed by atoms with Gasteiger partial charge in [0.1, 0.15) is 0 Å². The van der Waals surface area contributed by atoms with E-state index < -0.39 is 11.9 Å². The molecule has 0 fully saturated rings. The number of hydrogen-bond donors (Lipinski definition) is 1. The van der Waals surface area contributed by atoms with E-state index in [-0.39, 0.29) is 0 Å². The van der Waals surface area contributed by atoms with Crippen LogP contribution in [-0.2, 0) is 4.79 Å². The minimum absolute atomic E-state index is 0.499. The van der Waals surface area contributed by atoms with E-state index in [1.807, 2.05) is 6.92 Å². The zero-order valence-electron chi connectivity index (χ0n) is 9.69. The third-order valence-electron chi connectivity index (χ3n) is 2.52. The lowest BCUT2D eigenvalue weighted by atomic mass is 9.95. The Kier molecular flexibility index (Phi) is 4.17. The normalized spacial score (nSPS) is 11.9. The molecule has 0 aliphatic heterocycles. The molecule has 88 valence electrons. The molecule has 0 bridgehead atoms. The predicted molar refractivity (Wildman–Crippen MR) is 60.2 cm³/mol. The molecule has 1 unspecified atom stereocenters. The summed E-state index contributed by atoms with van der Waals surface area (Å²) >= 11 is 0. The van der Waals surface area contributed by atoms with Gasteiger partial charge >= 0.3 is 5.97 Å². The number of carboxylic acids is 1. The third-order valence-corrected chi connectivity index (χ3v) is 2.52. The first kappa shape index (κ1) is 12.4. The van der Waals surface area contributed by atoms with E-state index in [0.717, 1.165) is 0 Å². The van der Waals surface area contributed by atoms with E-state index in [0.29, 0.717) is 23.5 Å². The first-order valence-electron chi connectivity index (χ1n) is 5.09. The Labute approximate surface area is 94.8 Å². The standard InChI is InChI=1S/C12H16O4/c1-4-8(12(13)14)9-6-5-7-10(15-2)11(9)16-3/h5-8H,4H2,1-3H3,(H,13,14). The van der Waals surface area contributed by atoms with Gasteiger partial charge in [-0.3, -0.25) is 4.79 Å². The van der Waals surface area contributed by atoms with Crippen LogP contribution in [0.5, 0.6) is 11.5 Å². The highest BCUT2D eigenvalue weighted by molar-refractivity contribution is 5.77. The summed E-state index contributed by atoms with van der Waals surface area (Å²) in [5.41, 5.74) is 0.650. The molecule has 0 aliphatic carbocycles. The minimum atomic E-state index is -0.853. The molecular formula is C12H16O4. The minimum Gasteiger partial charge on any atom is -0.493 e. The number of ether oxygens (including phenoxy) is 2. The number of aliphatic carboxylic acids is 1. The van der Waals surface area contributed by atoms with Crippen LogP contribution in [0.3, 0.4) is 0 Å². The summed E-state index contributed by atoms with van der Waals surface area (Å²) in [5.74, 6) is -0.363. The number of para-hydroxylation sites is 1. The molecule has 1 aromatic carbocycles. The smallest absolute Gasteiger partial charge is 0.311 e. The lowest BCUT2D eigenvalue weighted by Crippen LogP contribution is -2.12. The number of benzene rings is 1.